The van der Waals surface area contributed by atoms with Crippen LogP contribution in [0.15, 0.2) is 0 Å². The van der Waals surface area contributed by atoms with E-state index in [1.54, 1.807) is 0 Å². The molecule has 0 atom stereocenters. The molecular formula is C13H27N3O. The fourth-order valence-corrected chi connectivity index (χ4v) is 2.29. The normalized spacial score (nSPS) is 16.0. The summed E-state index contributed by atoms with van der Waals surface area (Å²) in [5.41, 5.74) is 5.56. The summed E-state index contributed by atoms with van der Waals surface area (Å²) in [7, 11) is 0. The third-order valence-electron chi connectivity index (χ3n) is 3.70. The van der Waals surface area contributed by atoms with Gasteiger partial charge in [-0.2, -0.15) is 0 Å². The van der Waals surface area contributed by atoms with Crippen molar-refractivity contribution in [3.63, 3.8) is 0 Å². The molecule has 2 N–H and O–H groups in total. The predicted octanol–water partition coefficient (Wildman–Crippen LogP) is 1.06. The molecule has 0 spiro atoms. The molecule has 0 aliphatic heterocycles. The van der Waals surface area contributed by atoms with E-state index in [4.69, 9.17) is 5.73 Å². The van der Waals surface area contributed by atoms with E-state index in [-0.39, 0.29) is 5.91 Å². The summed E-state index contributed by atoms with van der Waals surface area (Å²) in [5.74, 6) is 0.263. The fourth-order valence-electron chi connectivity index (χ4n) is 2.29. The minimum absolute atomic E-state index is 0.263. The van der Waals surface area contributed by atoms with Crippen LogP contribution in [-0.4, -0.2) is 54.5 Å². The number of likely N-dealkylation sites (N-methyl/N-ethyl adjacent to an activating group) is 1. The van der Waals surface area contributed by atoms with E-state index in [2.05, 4.69) is 4.90 Å². The van der Waals surface area contributed by atoms with Crippen LogP contribution in [0, 0.1) is 0 Å². The summed E-state index contributed by atoms with van der Waals surface area (Å²) >= 11 is 0. The van der Waals surface area contributed by atoms with Gasteiger partial charge in [0.2, 0.25) is 5.91 Å². The molecule has 0 bridgehead atoms. The first-order valence-electron chi connectivity index (χ1n) is 6.94. The van der Waals surface area contributed by atoms with Crippen molar-refractivity contribution < 1.29 is 4.79 Å². The Morgan fingerprint density at radius 2 is 1.94 bits per heavy atom. The number of hydrogen-bond acceptors (Lipinski definition) is 3. The minimum atomic E-state index is 0.263. The van der Waals surface area contributed by atoms with E-state index in [0.29, 0.717) is 19.1 Å². The molecule has 100 valence electrons. The number of nitrogens with zero attached hydrogens (tertiary/aromatic N) is 2. The smallest absolute Gasteiger partial charge is 0.236 e. The van der Waals surface area contributed by atoms with Crippen molar-refractivity contribution in [3.05, 3.63) is 0 Å². The van der Waals surface area contributed by atoms with E-state index in [1.807, 2.05) is 18.7 Å². The summed E-state index contributed by atoms with van der Waals surface area (Å²) in [6.07, 6.45) is 4.79. The third-order valence-corrected chi connectivity index (χ3v) is 3.70. The maximum Gasteiger partial charge on any atom is 0.236 e. The number of hydrogen-bond donors (Lipinski definition) is 1. The Kier molecular flexibility index (Phi) is 6.52. The van der Waals surface area contributed by atoms with Gasteiger partial charge in [-0.25, -0.2) is 0 Å². The van der Waals surface area contributed by atoms with Gasteiger partial charge in [0.05, 0.1) is 6.54 Å². The minimum Gasteiger partial charge on any atom is -0.342 e. The number of rotatable bonds is 8. The van der Waals surface area contributed by atoms with Crippen LogP contribution < -0.4 is 5.73 Å². The molecule has 0 unspecified atom stereocenters. The maximum absolute atomic E-state index is 12.1. The van der Waals surface area contributed by atoms with Gasteiger partial charge in [0.25, 0.3) is 0 Å². The molecule has 1 saturated carbocycles. The molecular weight excluding hydrogens is 214 g/mol. The van der Waals surface area contributed by atoms with Gasteiger partial charge >= 0.3 is 0 Å². The summed E-state index contributed by atoms with van der Waals surface area (Å²) in [5, 5.41) is 0. The van der Waals surface area contributed by atoms with E-state index in [0.717, 1.165) is 26.1 Å². The van der Waals surface area contributed by atoms with Crippen LogP contribution in [0.3, 0.4) is 0 Å². The predicted molar refractivity (Wildman–Crippen MR) is 70.8 cm³/mol. The molecule has 1 aliphatic rings. The zero-order chi connectivity index (χ0) is 12.7. The van der Waals surface area contributed by atoms with Crippen LogP contribution >= 0.6 is 0 Å². The van der Waals surface area contributed by atoms with Crippen molar-refractivity contribution in [1.82, 2.24) is 9.80 Å². The van der Waals surface area contributed by atoms with Gasteiger partial charge in [0, 0.05) is 25.7 Å². The SMILES string of the molecule is CCN(CC)C(=O)CN(CCCN)C1CCC1. The first-order chi connectivity index (χ1) is 8.22. The van der Waals surface area contributed by atoms with Gasteiger partial charge in [0.1, 0.15) is 0 Å². The number of carbonyl (C=O) groups excluding carboxylic acids is 1. The van der Waals surface area contributed by atoms with Crippen LogP contribution in [0.2, 0.25) is 0 Å². The summed E-state index contributed by atoms with van der Waals surface area (Å²) in [4.78, 5) is 16.3. The molecule has 1 amide bonds. The zero-order valence-electron chi connectivity index (χ0n) is 11.3. The highest BCUT2D eigenvalue weighted by molar-refractivity contribution is 5.78. The van der Waals surface area contributed by atoms with Crippen molar-refractivity contribution in [1.29, 1.82) is 0 Å². The average molecular weight is 241 g/mol. The zero-order valence-corrected chi connectivity index (χ0v) is 11.3. The Morgan fingerprint density at radius 3 is 2.35 bits per heavy atom. The summed E-state index contributed by atoms with van der Waals surface area (Å²) in [6, 6.07) is 0.626. The van der Waals surface area contributed by atoms with Gasteiger partial charge in [0.15, 0.2) is 0 Å². The summed E-state index contributed by atoms with van der Waals surface area (Å²) < 4.78 is 0. The molecule has 0 aromatic carbocycles. The van der Waals surface area contributed by atoms with Crippen LogP contribution in [-0.2, 0) is 4.79 Å². The molecule has 0 aromatic rings. The lowest BCUT2D eigenvalue weighted by Gasteiger charge is -2.38. The van der Waals surface area contributed by atoms with Gasteiger partial charge in [-0.3, -0.25) is 9.69 Å². The molecule has 1 fully saturated rings. The fraction of sp³-hybridized carbons (Fsp3) is 0.923. The second-order valence-corrected chi connectivity index (χ2v) is 4.76. The lowest BCUT2D eigenvalue weighted by molar-refractivity contribution is -0.133. The molecule has 4 nitrogen and oxygen atoms in total. The molecule has 1 rings (SSSR count). The second-order valence-electron chi connectivity index (χ2n) is 4.76. The highest BCUT2D eigenvalue weighted by Crippen LogP contribution is 2.24. The standard InChI is InChI=1S/C13H27N3O/c1-3-15(4-2)13(17)11-16(10-6-9-14)12-7-5-8-12/h12H,3-11,14H2,1-2H3. The van der Waals surface area contributed by atoms with Crippen molar-refractivity contribution >= 4 is 5.91 Å². The van der Waals surface area contributed by atoms with E-state index in [1.165, 1.54) is 19.3 Å². The van der Waals surface area contributed by atoms with E-state index in [9.17, 15) is 4.79 Å². The number of nitrogens with two attached hydrogens (primary N) is 1. The lowest BCUT2D eigenvalue weighted by atomic mass is 9.91. The average Bonchev–Trinajstić information content (AvgIpc) is 2.25. The van der Waals surface area contributed by atoms with Crippen LogP contribution in [0.1, 0.15) is 39.5 Å². The molecule has 17 heavy (non-hydrogen) atoms. The molecule has 0 saturated heterocycles. The Morgan fingerprint density at radius 1 is 1.29 bits per heavy atom. The van der Waals surface area contributed by atoms with Crippen LogP contribution in [0.4, 0.5) is 0 Å². The first-order valence-corrected chi connectivity index (χ1v) is 6.94. The van der Waals surface area contributed by atoms with Gasteiger partial charge in [-0.15, -0.1) is 0 Å². The molecule has 1 aliphatic carbocycles. The van der Waals surface area contributed by atoms with Crippen molar-refractivity contribution in [2.75, 3.05) is 32.7 Å². The largest absolute Gasteiger partial charge is 0.342 e. The van der Waals surface area contributed by atoms with E-state index >= 15 is 0 Å². The molecule has 0 heterocycles. The highest BCUT2D eigenvalue weighted by atomic mass is 16.2. The highest BCUT2D eigenvalue weighted by Gasteiger charge is 2.26. The van der Waals surface area contributed by atoms with Crippen molar-refractivity contribution in [3.8, 4) is 0 Å². The monoisotopic (exact) mass is 241 g/mol. The summed E-state index contributed by atoms with van der Waals surface area (Å²) in [6.45, 7) is 7.95. The van der Waals surface area contributed by atoms with Gasteiger partial charge in [-0.05, 0) is 39.7 Å². The van der Waals surface area contributed by atoms with Crippen molar-refractivity contribution in [2.45, 2.75) is 45.6 Å². The molecule has 0 radical (unpaired) electrons. The Hall–Kier alpha value is -0.610. The van der Waals surface area contributed by atoms with Crippen LogP contribution in [0.25, 0.3) is 0 Å². The van der Waals surface area contributed by atoms with Crippen molar-refractivity contribution in [2.24, 2.45) is 5.73 Å². The number of amides is 1. The number of carbonyl (C=O) groups is 1. The molecule has 4 heteroatoms. The molecule has 0 aromatic heterocycles. The van der Waals surface area contributed by atoms with Gasteiger partial charge in [-0.1, -0.05) is 6.42 Å². The topological polar surface area (TPSA) is 49.6 Å². The first kappa shape index (κ1) is 14.5. The maximum atomic E-state index is 12.1. The lowest BCUT2D eigenvalue weighted by Crippen LogP contribution is -2.47. The van der Waals surface area contributed by atoms with Crippen LogP contribution in [0.5, 0.6) is 0 Å². The second kappa shape index (κ2) is 7.67. The Bertz CT molecular complexity index is 225. The Balaban J connectivity index is 2.43. The van der Waals surface area contributed by atoms with E-state index < -0.39 is 0 Å². The van der Waals surface area contributed by atoms with Gasteiger partial charge < -0.3 is 10.6 Å². The third kappa shape index (κ3) is 4.28. The Labute approximate surface area is 105 Å². The quantitative estimate of drug-likeness (QED) is 0.691.